The van der Waals surface area contributed by atoms with Gasteiger partial charge in [0.15, 0.2) is 5.75 Å². The summed E-state index contributed by atoms with van der Waals surface area (Å²) in [5.74, 6) is 0.0449. The van der Waals surface area contributed by atoms with Crippen molar-refractivity contribution in [3.63, 3.8) is 0 Å². The summed E-state index contributed by atoms with van der Waals surface area (Å²) in [4.78, 5) is 21.6. The maximum absolute atomic E-state index is 11.3. The van der Waals surface area contributed by atoms with Gasteiger partial charge in [-0.05, 0) is 6.07 Å². The minimum Gasteiger partial charge on any atom is -0.484 e. The van der Waals surface area contributed by atoms with Crippen LogP contribution in [0.25, 0.3) is 0 Å². The van der Waals surface area contributed by atoms with E-state index in [1.165, 1.54) is 12.1 Å². The third kappa shape index (κ3) is 7.07. The second-order valence-corrected chi connectivity index (χ2v) is 5.34. The molecule has 1 rings (SSSR count). The Bertz CT molecular complexity index is 522. The van der Waals surface area contributed by atoms with Gasteiger partial charge in [-0.15, -0.1) is 0 Å². The number of hydrogen-bond donors (Lipinski definition) is 3. The van der Waals surface area contributed by atoms with Gasteiger partial charge in [-0.25, -0.2) is 0 Å². The molecule has 8 nitrogen and oxygen atoms in total. The number of amides is 1. The molecule has 1 amide bonds. The third-order valence-electron chi connectivity index (χ3n) is 3.00. The molecule has 0 aliphatic carbocycles. The number of para-hydroxylation sites is 2. The molecular weight excluding hydrogens is 302 g/mol. The van der Waals surface area contributed by atoms with Crippen LogP contribution in [0.15, 0.2) is 24.3 Å². The lowest BCUT2D eigenvalue weighted by atomic mass is 10.2. The number of nitrogens with zero attached hydrogens (tertiary/aromatic N) is 1. The predicted octanol–water partition coefficient (Wildman–Crippen LogP) is 0.696. The van der Waals surface area contributed by atoms with Gasteiger partial charge in [0.2, 0.25) is 5.91 Å². The number of nitro benzene ring substituents is 1. The van der Waals surface area contributed by atoms with E-state index in [2.05, 4.69) is 10.6 Å². The topological polar surface area (TPSA) is 114 Å². The van der Waals surface area contributed by atoms with Crippen molar-refractivity contribution in [1.29, 1.82) is 0 Å². The predicted molar refractivity (Wildman–Crippen MR) is 85.3 cm³/mol. The second kappa shape index (κ2) is 9.75. The first kappa shape index (κ1) is 18.9. The van der Waals surface area contributed by atoms with Crippen molar-refractivity contribution < 1.29 is 19.6 Å². The van der Waals surface area contributed by atoms with Crippen LogP contribution in [0.3, 0.4) is 0 Å². The van der Waals surface area contributed by atoms with Gasteiger partial charge < -0.3 is 20.5 Å². The lowest BCUT2D eigenvalue weighted by Crippen LogP contribution is -2.38. The Morgan fingerprint density at radius 1 is 1.35 bits per heavy atom. The monoisotopic (exact) mass is 325 g/mol. The van der Waals surface area contributed by atoms with Crippen LogP contribution in [0.2, 0.25) is 0 Å². The van der Waals surface area contributed by atoms with Crippen LogP contribution < -0.4 is 15.4 Å². The molecule has 1 aromatic carbocycles. The van der Waals surface area contributed by atoms with Gasteiger partial charge in [-0.3, -0.25) is 14.9 Å². The number of nitro groups is 1. The van der Waals surface area contributed by atoms with Crippen LogP contribution in [-0.4, -0.2) is 48.3 Å². The van der Waals surface area contributed by atoms with Crippen LogP contribution in [-0.2, 0) is 4.79 Å². The van der Waals surface area contributed by atoms with Crippen molar-refractivity contribution in [3.05, 3.63) is 34.4 Å². The summed E-state index contributed by atoms with van der Waals surface area (Å²) in [6.07, 6.45) is -0.810. The number of carbonyl (C=O) groups excluding carboxylic acids is 1. The van der Waals surface area contributed by atoms with Gasteiger partial charge in [0, 0.05) is 31.6 Å². The van der Waals surface area contributed by atoms with E-state index in [-0.39, 0.29) is 36.4 Å². The molecule has 0 aromatic heterocycles. The molecule has 0 aliphatic heterocycles. The van der Waals surface area contributed by atoms with Crippen LogP contribution in [0, 0.1) is 16.0 Å². The molecule has 128 valence electrons. The standard InChI is InChI=1S/C15H23N3O5/c1-11(2)15(20)17-8-7-16-9-12(19)10-23-14-6-4-3-5-13(14)18(21)22/h3-6,11-12,16,19H,7-10H2,1-2H3,(H,17,20). The SMILES string of the molecule is CC(C)C(=O)NCCNCC(O)COc1ccccc1[N+](=O)[O-]. The summed E-state index contributed by atoms with van der Waals surface area (Å²) in [6.45, 7) is 4.81. The lowest BCUT2D eigenvalue weighted by Gasteiger charge is -2.14. The van der Waals surface area contributed by atoms with E-state index in [1.807, 2.05) is 13.8 Å². The van der Waals surface area contributed by atoms with E-state index >= 15 is 0 Å². The summed E-state index contributed by atoms with van der Waals surface area (Å²) >= 11 is 0. The Morgan fingerprint density at radius 2 is 2.04 bits per heavy atom. The van der Waals surface area contributed by atoms with Crippen molar-refractivity contribution in [3.8, 4) is 5.75 Å². The van der Waals surface area contributed by atoms with Gasteiger partial charge in [0.05, 0.1) is 4.92 Å². The average Bonchev–Trinajstić information content (AvgIpc) is 2.52. The Kier molecular flexibility index (Phi) is 8.00. The molecule has 0 bridgehead atoms. The van der Waals surface area contributed by atoms with E-state index in [1.54, 1.807) is 12.1 Å². The van der Waals surface area contributed by atoms with Crippen LogP contribution >= 0.6 is 0 Å². The Morgan fingerprint density at radius 3 is 2.70 bits per heavy atom. The molecule has 0 radical (unpaired) electrons. The molecule has 0 heterocycles. The van der Waals surface area contributed by atoms with Gasteiger partial charge >= 0.3 is 5.69 Å². The first-order valence-corrected chi connectivity index (χ1v) is 7.44. The zero-order chi connectivity index (χ0) is 17.2. The Hall–Kier alpha value is -2.19. The van der Waals surface area contributed by atoms with E-state index in [0.29, 0.717) is 13.1 Å². The van der Waals surface area contributed by atoms with Crippen molar-refractivity contribution in [1.82, 2.24) is 10.6 Å². The Balaban J connectivity index is 2.24. The third-order valence-corrected chi connectivity index (χ3v) is 3.00. The van der Waals surface area contributed by atoms with Gasteiger partial charge in [0.25, 0.3) is 0 Å². The quantitative estimate of drug-likeness (QED) is 0.331. The molecule has 3 N–H and O–H groups in total. The normalized spacial score (nSPS) is 12.0. The van der Waals surface area contributed by atoms with Crippen molar-refractivity contribution in [2.45, 2.75) is 20.0 Å². The van der Waals surface area contributed by atoms with Crippen molar-refractivity contribution >= 4 is 11.6 Å². The molecule has 0 aliphatic rings. The fraction of sp³-hybridized carbons (Fsp3) is 0.533. The number of nitrogens with one attached hydrogen (secondary N) is 2. The number of aliphatic hydroxyl groups excluding tert-OH is 1. The van der Waals surface area contributed by atoms with E-state index < -0.39 is 11.0 Å². The highest BCUT2D eigenvalue weighted by atomic mass is 16.6. The first-order valence-electron chi connectivity index (χ1n) is 7.44. The number of ether oxygens (including phenoxy) is 1. The summed E-state index contributed by atoms with van der Waals surface area (Å²) in [5.41, 5.74) is -0.135. The van der Waals surface area contributed by atoms with Gasteiger partial charge in [-0.1, -0.05) is 26.0 Å². The highest BCUT2D eigenvalue weighted by molar-refractivity contribution is 5.77. The number of aliphatic hydroxyl groups is 1. The second-order valence-electron chi connectivity index (χ2n) is 5.34. The van der Waals surface area contributed by atoms with Crippen molar-refractivity contribution in [2.75, 3.05) is 26.2 Å². The van der Waals surface area contributed by atoms with Crippen LogP contribution in [0.1, 0.15) is 13.8 Å². The van der Waals surface area contributed by atoms with Crippen LogP contribution in [0.5, 0.6) is 5.75 Å². The summed E-state index contributed by atoms with van der Waals surface area (Å²) in [5, 5.41) is 26.3. The maximum atomic E-state index is 11.3. The molecule has 0 spiro atoms. The Labute approximate surface area is 135 Å². The lowest BCUT2D eigenvalue weighted by molar-refractivity contribution is -0.385. The first-order chi connectivity index (χ1) is 10.9. The number of carbonyl (C=O) groups is 1. The summed E-state index contributed by atoms with van der Waals surface area (Å²) in [7, 11) is 0. The summed E-state index contributed by atoms with van der Waals surface area (Å²) in [6, 6.07) is 6.01. The smallest absolute Gasteiger partial charge is 0.310 e. The van der Waals surface area contributed by atoms with E-state index in [4.69, 9.17) is 4.74 Å². The molecule has 23 heavy (non-hydrogen) atoms. The molecule has 1 unspecified atom stereocenters. The van der Waals surface area contributed by atoms with Crippen LogP contribution in [0.4, 0.5) is 5.69 Å². The van der Waals surface area contributed by atoms with E-state index in [9.17, 15) is 20.0 Å². The number of hydrogen-bond acceptors (Lipinski definition) is 6. The fourth-order valence-electron chi connectivity index (χ4n) is 1.72. The molecule has 0 fully saturated rings. The largest absolute Gasteiger partial charge is 0.484 e. The minimum absolute atomic E-state index is 0.0212. The molecule has 0 saturated heterocycles. The highest BCUT2D eigenvalue weighted by Gasteiger charge is 2.15. The highest BCUT2D eigenvalue weighted by Crippen LogP contribution is 2.25. The van der Waals surface area contributed by atoms with Gasteiger partial charge in [0.1, 0.15) is 12.7 Å². The zero-order valence-electron chi connectivity index (χ0n) is 13.3. The molecule has 0 saturated carbocycles. The fourth-order valence-corrected chi connectivity index (χ4v) is 1.72. The minimum atomic E-state index is -0.810. The van der Waals surface area contributed by atoms with Gasteiger partial charge in [-0.2, -0.15) is 0 Å². The zero-order valence-corrected chi connectivity index (χ0v) is 13.3. The molecule has 8 heteroatoms. The molecule has 1 aromatic rings. The number of benzene rings is 1. The molecular formula is C15H23N3O5. The average molecular weight is 325 g/mol. The maximum Gasteiger partial charge on any atom is 0.310 e. The van der Waals surface area contributed by atoms with E-state index in [0.717, 1.165) is 0 Å². The molecule has 1 atom stereocenters. The number of rotatable bonds is 10. The summed E-state index contributed by atoms with van der Waals surface area (Å²) < 4.78 is 5.29. The van der Waals surface area contributed by atoms with Crippen molar-refractivity contribution in [2.24, 2.45) is 5.92 Å².